The lowest BCUT2D eigenvalue weighted by Crippen LogP contribution is -1.89. The molecule has 0 saturated carbocycles. The zero-order chi connectivity index (χ0) is 16.3. The van der Waals surface area contributed by atoms with Gasteiger partial charge in [0.05, 0.1) is 20.1 Å². The van der Waals surface area contributed by atoms with Gasteiger partial charge in [-0.15, -0.1) is 0 Å². The SMILES string of the molecule is N#C/C(=C/c1cc(Cl)cc(I)c1O)c1ccc([N+](=O)[O-])cc1. The van der Waals surface area contributed by atoms with Gasteiger partial charge < -0.3 is 5.11 Å². The second-order valence-corrected chi connectivity index (χ2v) is 5.90. The Labute approximate surface area is 144 Å². The molecule has 0 saturated heterocycles. The van der Waals surface area contributed by atoms with E-state index >= 15 is 0 Å². The first-order valence-electron chi connectivity index (χ1n) is 5.97. The van der Waals surface area contributed by atoms with Crippen LogP contribution in [0.3, 0.4) is 0 Å². The number of benzene rings is 2. The van der Waals surface area contributed by atoms with E-state index in [9.17, 15) is 20.5 Å². The maximum atomic E-state index is 10.6. The van der Waals surface area contributed by atoms with E-state index in [4.69, 9.17) is 11.6 Å². The summed E-state index contributed by atoms with van der Waals surface area (Å²) in [5.74, 6) is 0.0275. The third-order valence-corrected chi connectivity index (χ3v) is 3.91. The van der Waals surface area contributed by atoms with E-state index in [1.165, 1.54) is 30.3 Å². The fourth-order valence-corrected chi connectivity index (χ4v) is 2.85. The number of allylic oxidation sites excluding steroid dienone is 1. The molecule has 110 valence electrons. The quantitative estimate of drug-likeness (QED) is 0.255. The molecule has 0 unspecified atom stereocenters. The highest BCUT2D eigenvalue weighted by Gasteiger charge is 2.10. The van der Waals surface area contributed by atoms with Crippen LogP contribution < -0.4 is 0 Å². The van der Waals surface area contributed by atoms with E-state index in [2.05, 4.69) is 0 Å². The second kappa shape index (κ2) is 6.77. The summed E-state index contributed by atoms with van der Waals surface area (Å²) >= 11 is 7.89. The molecule has 0 aromatic heterocycles. The van der Waals surface area contributed by atoms with Gasteiger partial charge >= 0.3 is 0 Å². The number of nitrogens with zero attached hydrogens (tertiary/aromatic N) is 2. The van der Waals surface area contributed by atoms with E-state index in [0.717, 1.165) is 0 Å². The Hall–Kier alpha value is -2.11. The third kappa shape index (κ3) is 3.55. The van der Waals surface area contributed by atoms with Gasteiger partial charge in [0.25, 0.3) is 5.69 Å². The Morgan fingerprint density at radius 3 is 2.55 bits per heavy atom. The van der Waals surface area contributed by atoms with Crippen LogP contribution in [-0.4, -0.2) is 10.0 Å². The zero-order valence-corrected chi connectivity index (χ0v) is 13.9. The summed E-state index contributed by atoms with van der Waals surface area (Å²) in [6.45, 7) is 0. The first kappa shape index (κ1) is 16.3. The minimum Gasteiger partial charge on any atom is -0.506 e. The molecule has 0 aliphatic rings. The maximum absolute atomic E-state index is 10.6. The van der Waals surface area contributed by atoms with E-state index in [1.807, 2.05) is 28.7 Å². The Morgan fingerprint density at radius 1 is 1.36 bits per heavy atom. The predicted octanol–water partition coefficient (Wildman–Crippen LogP) is 4.62. The first-order valence-corrected chi connectivity index (χ1v) is 7.42. The zero-order valence-electron chi connectivity index (χ0n) is 11.0. The molecule has 2 aromatic rings. The Bertz CT molecular complexity index is 811. The minimum absolute atomic E-state index is 0.0275. The number of non-ortho nitro benzene ring substituents is 1. The normalized spacial score (nSPS) is 11.0. The van der Waals surface area contributed by atoms with E-state index < -0.39 is 4.92 Å². The van der Waals surface area contributed by atoms with Crippen LogP contribution in [0.2, 0.25) is 5.02 Å². The fraction of sp³-hybridized carbons (Fsp3) is 0. The van der Waals surface area contributed by atoms with Crippen molar-refractivity contribution >= 4 is 51.5 Å². The second-order valence-electron chi connectivity index (χ2n) is 4.30. The van der Waals surface area contributed by atoms with Gasteiger partial charge in [-0.1, -0.05) is 11.6 Å². The van der Waals surface area contributed by atoms with Gasteiger partial charge in [0, 0.05) is 22.7 Å². The molecule has 2 aromatic carbocycles. The maximum Gasteiger partial charge on any atom is 0.269 e. The van der Waals surface area contributed by atoms with Gasteiger partial charge in [0.1, 0.15) is 5.75 Å². The summed E-state index contributed by atoms with van der Waals surface area (Å²) in [5, 5.41) is 30.4. The molecule has 0 aliphatic heterocycles. The average molecular weight is 427 g/mol. The summed E-state index contributed by atoms with van der Waals surface area (Å²) in [5.41, 5.74) is 1.14. The van der Waals surface area contributed by atoms with Gasteiger partial charge in [-0.2, -0.15) is 5.26 Å². The van der Waals surface area contributed by atoms with Gasteiger partial charge in [0.2, 0.25) is 0 Å². The molecule has 0 bridgehead atoms. The molecule has 5 nitrogen and oxygen atoms in total. The number of halogens is 2. The highest BCUT2D eigenvalue weighted by Crippen LogP contribution is 2.31. The number of hydrogen-bond donors (Lipinski definition) is 1. The summed E-state index contributed by atoms with van der Waals surface area (Å²) in [7, 11) is 0. The van der Waals surface area contributed by atoms with Crippen molar-refractivity contribution in [2.45, 2.75) is 0 Å². The smallest absolute Gasteiger partial charge is 0.269 e. The molecule has 0 aliphatic carbocycles. The van der Waals surface area contributed by atoms with Crippen molar-refractivity contribution in [2.75, 3.05) is 0 Å². The molecule has 0 heterocycles. The number of nitriles is 1. The monoisotopic (exact) mass is 426 g/mol. The van der Waals surface area contributed by atoms with Gasteiger partial charge in [-0.3, -0.25) is 10.1 Å². The van der Waals surface area contributed by atoms with E-state index in [-0.39, 0.29) is 17.0 Å². The van der Waals surface area contributed by atoms with Gasteiger partial charge in [0.15, 0.2) is 0 Å². The lowest BCUT2D eigenvalue weighted by molar-refractivity contribution is -0.384. The van der Waals surface area contributed by atoms with Crippen molar-refractivity contribution < 1.29 is 10.0 Å². The summed E-state index contributed by atoms with van der Waals surface area (Å²) in [4.78, 5) is 10.1. The van der Waals surface area contributed by atoms with Crippen LogP contribution >= 0.6 is 34.2 Å². The molecule has 7 heteroatoms. The lowest BCUT2D eigenvalue weighted by Gasteiger charge is -2.05. The molecular weight excluding hydrogens is 419 g/mol. The van der Waals surface area contributed by atoms with Crippen molar-refractivity contribution in [3.8, 4) is 11.8 Å². The molecule has 0 amide bonds. The van der Waals surface area contributed by atoms with Crippen molar-refractivity contribution in [1.29, 1.82) is 5.26 Å². The van der Waals surface area contributed by atoms with Crippen LogP contribution in [0.4, 0.5) is 5.69 Å². The summed E-state index contributed by atoms with van der Waals surface area (Å²) < 4.78 is 0.567. The molecule has 22 heavy (non-hydrogen) atoms. The minimum atomic E-state index is -0.509. The number of nitro groups is 1. The molecule has 0 spiro atoms. The van der Waals surface area contributed by atoms with E-state index in [0.29, 0.717) is 19.7 Å². The standard InChI is InChI=1S/C15H8ClIN2O3/c16-12-6-10(15(20)14(17)7-12)5-11(8-18)9-1-3-13(4-2-9)19(21)22/h1-7,20H/b11-5-. The summed E-state index contributed by atoms with van der Waals surface area (Å²) in [6.07, 6.45) is 1.49. The van der Waals surface area contributed by atoms with Crippen LogP contribution in [0.5, 0.6) is 5.75 Å². The van der Waals surface area contributed by atoms with Crippen molar-refractivity contribution in [3.05, 3.63) is 66.2 Å². The molecular formula is C15H8ClIN2O3. The van der Waals surface area contributed by atoms with Crippen LogP contribution in [0.1, 0.15) is 11.1 Å². The van der Waals surface area contributed by atoms with Crippen LogP contribution in [0, 0.1) is 25.0 Å². The Morgan fingerprint density at radius 2 is 2.00 bits per heavy atom. The number of nitro benzene ring substituents is 1. The number of hydrogen-bond acceptors (Lipinski definition) is 4. The molecule has 1 N–H and O–H groups in total. The first-order chi connectivity index (χ1) is 10.4. The Kier molecular flexibility index (Phi) is 5.00. The third-order valence-electron chi connectivity index (χ3n) is 2.87. The predicted molar refractivity (Wildman–Crippen MR) is 92.4 cm³/mol. The lowest BCUT2D eigenvalue weighted by atomic mass is 10.0. The number of aromatic hydroxyl groups is 1. The van der Waals surface area contributed by atoms with Crippen LogP contribution in [-0.2, 0) is 0 Å². The average Bonchev–Trinajstić information content (AvgIpc) is 2.49. The highest BCUT2D eigenvalue weighted by atomic mass is 127. The number of phenols is 1. The highest BCUT2D eigenvalue weighted by molar-refractivity contribution is 14.1. The van der Waals surface area contributed by atoms with Crippen molar-refractivity contribution in [2.24, 2.45) is 0 Å². The topological polar surface area (TPSA) is 87.2 Å². The van der Waals surface area contributed by atoms with Crippen molar-refractivity contribution in [3.63, 3.8) is 0 Å². The molecule has 0 radical (unpaired) electrons. The molecule has 0 atom stereocenters. The Balaban J connectivity index is 2.48. The van der Waals surface area contributed by atoms with Crippen LogP contribution in [0.25, 0.3) is 11.6 Å². The fourth-order valence-electron chi connectivity index (χ4n) is 1.79. The molecule has 0 fully saturated rings. The summed E-state index contributed by atoms with van der Waals surface area (Å²) in [6, 6.07) is 10.8. The largest absolute Gasteiger partial charge is 0.506 e. The molecule has 2 rings (SSSR count). The van der Waals surface area contributed by atoms with Gasteiger partial charge in [-0.25, -0.2) is 0 Å². The van der Waals surface area contributed by atoms with Gasteiger partial charge in [-0.05, 0) is 58.5 Å². The van der Waals surface area contributed by atoms with Crippen molar-refractivity contribution in [1.82, 2.24) is 0 Å². The van der Waals surface area contributed by atoms with E-state index in [1.54, 1.807) is 12.1 Å². The number of phenolic OH excluding ortho intramolecular Hbond substituents is 1. The van der Waals surface area contributed by atoms with Crippen LogP contribution in [0.15, 0.2) is 36.4 Å². The number of rotatable bonds is 3.